The summed E-state index contributed by atoms with van der Waals surface area (Å²) in [5.41, 5.74) is 1.14. The van der Waals surface area contributed by atoms with E-state index in [0.29, 0.717) is 6.42 Å². The van der Waals surface area contributed by atoms with Gasteiger partial charge in [-0.2, -0.15) is 0 Å². The van der Waals surface area contributed by atoms with Gasteiger partial charge in [0, 0.05) is 24.7 Å². The van der Waals surface area contributed by atoms with E-state index in [-0.39, 0.29) is 5.91 Å². The van der Waals surface area contributed by atoms with Crippen LogP contribution in [0.25, 0.3) is 5.52 Å². The Morgan fingerprint density at radius 2 is 1.94 bits per heavy atom. The molecule has 1 aliphatic rings. The van der Waals surface area contributed by atoms with Gasteiger partial charge in [-0.3, -0.25) is 9.69 Å². The second-order valence-corrected chi connectivity index (χ2v) is 4.54. The molecule has 0 spiro atoms. The third-order valence-electron chi connectivity index (χ3n) is 3.39. The Bertz CT molecular complexity index is 544. The summed E-state index contributed by atoms with van der Waals surface area (Å²) in [5, 5.41) is 0. The van der Waals surface area contributed by atoms with Crippen LogP contribution in [0.4, 0.5) is 5.82 Å². The van der Waals surface area contributed by atoms with Crippen LogP contribution in [0, 0.1) is 0 Å². The highest BCUT2D eigenvalue weighted by Gasteiger charge is 2.20. The summed E-state index contributed by atoms with van der Waals surface area (Å²) in [5.74, 6) is 1.26. The van der Waals surface area contributed by atoms with E-state index in [1.54, 1.807) is 0 Å². The van der Waals surface area contributed by atoms with Crippen molar-refractivity contribution in [2.24, 2.45) is 0 Å². The Hall–Kier alpha value is -1.77. The van der Waals surface area contributed by atoms with Crippen molar-refractivity contribution in [2.45, 2.75) is 25.7 Å². The van der Waals surface area contributed by atoms with Crippen molar-refractivity contribution in [3.63, 3.8) is 0 Å². The van der Waals surface area contributed by atoms with Gasteiger partial charge in [0.25, 0.3) is 0 Å². The second kappa shape index (κ2) is 4.24. The largest absolute Gasteiger partial charge is 0.303 e. The molecule has 1 aliphatic heterocycles. The standard InChI is InChI=1S/C14H16N2O/c17-14-7-2-1-4-11-16(14)13-9-8-12-6-3-5-10-15(12)13/h3,5-6,8-10H,1-2,4,7,11H2. The summed E-state index contributed by atoms with van der Waals surface area (Å²) in [4.78, 5) is 14.0. The van der Waals surface area contributed by atoms with Crippen LogP contribution < -0.4 is 4.90 Å². The molecule has 2 aromatic heterocycles. The lowest BCUT2D eigenvalue weighted by Crippen LogP contribution is -2.30. The zero-order valence-corrected chi connectivity index (χ0v) is 9.80. The van der Waals surface area contributed by atoms with E-state index < -0.39 is 0 Å². The molecule has 1 fully saturated rings. The summed E-state index contributed by atoms with van der Waals surface area (Å²) >= 11 is 0. The summed E-state index contributed by atoms with van der Waals surface area (Å²) < 4.78 is 2.09. The van der Waals surface area contributed by atoms with E-state index in [9.17, 15) is 4.79 Å². The van der Waals surface area contributed by atoms with Crippen molar-refractivity contribution in [3.05, 3.63) is 36.5 Å². The van der Waals surface area contributed by atoms with Gasteiger partial charge in [0.1, 0.15) is 5.82 Å². The Morgan fingerprint density at radius 3 is 2.88 bits per heavy atom. The molecule has 1 saturated heterocycles. The molecule has 3 rings (SSSR count). The number of amides is 1. The Morgan fingerprint density at radius 1 is 1.00 bits per heavy atom. The van der Waals surface area contributed by atoms with Gasteiger partial charge in [-0.05, 0) is 37.1 Å². The zero-order valence-electron chi connectivity index (χ0n) is 9.80. The van der Waals surface area contributed by atoms with Gasteiger partial charge >= 0.3 is 0 Å². The predicted molar refractivity (Wildman–Crippen MR) is 68.2 cm³/mol. The lowest BCUT2D eigenvalue weighted by Gasteiger charge is -2.20. The van der Waals surface area contributed by atoms with Crippen LogP contribution in [0.3, 0.4) is 0 Å². The van der Waals surface area contributed by atoms with Crippen molar-refractivity contribution in [1.82, 2.24) is 4.40 Å². The molecule has 17 heavy (non-hydrogen) atoms. The van der Waals surface area contributed by atoms with Crippen molar-refractivity contribution < 1.29 is 4.79 Å². The third-order valence-corrected chi connectivity index (χ3v) is 3.39. The van der Waals surface area contributed by atoms with E-state index in [2.05, 4.69) is 16.5 Å². The van der Waals surface area contributed by atoms with E-state index in [4.69, 9.17) is 0 Å². The molecular weight excluding hydrogens is 212 g/mol. The minimum atomic E-state index is 0.256. The highest BCUT2D eigenvalue weighted by Crippen LogP contribution is 2.23. The first-order chi connectivity index (χ1) is 8.36. The minimum Gasteiger partial charge on any atom is -0.303 e. The highest BCUT2D eigenvalue weighted by molar-refractivity contribution is 5.93. The number of aromatic nitrogens is 1. The normalized spacial score (nSPS) is 17.4. The summed E-state index contributed by atoms with van der Waals surface area (Å²) in [6, 6.07) is 10.2. The number of fused-ring (bicyclic) bond motifs is 1. The SMILES string of the molecule is O=C1CCCCCN1c1ccc2ccccn12. The molecule has 0 aromatic carbocycles. The molecule has 0 unspecified atom stereocenters. The fourth-order valence-electron chi connectivity index (χ4n) is 2.49. The molecule has 0 saturated carbocycles. The van der Waals surface area contributed by atoms with Crippen LogP contribution in [0.1, 0.15) is 25.7 Å². The molecular formula is C14H16N2O. The molecule has 0 bridgehead atoms. The van der Waals surface area contributed by atoms with E-state index >= 15 is 0 Å². The van der Waals surface area contributed by atoms with Gasteiger partial charge in [0.15, 0.2) is 0 Å². The van der Waals surface area contributed by atoms with Crippen molar-refractivity contribution in [3.8, 4) is 0 Å². The maximum absolute atomic E-state index is 12.1. The Kier molecular flexibility index (Phi) is 2.59. The number of anilines is 1. The quantitative estimate of drug-likeness (QED) is 0.736. The fraction of sp³-hybridized carbons (Fsp3) is 0.357. The fourth-order valence-corrected chi connectivity index (χ4v) is 2.49. The van der Waals surface area contributed by atoms with Crippen molar-refractivity contribution in [2.75, 3.05) is 11.4 Å². The van der Waals surface area contributed by atoms with Crippen LogP contribution in [-0.2, 0) is 4.79 Å². The molecule has 2 aromatic rings. The minimum absolute atomic E-state index is 0.256. The lowest BCUT2D eigenvalue weighted by atomic mass is 10.2. The van der Waals surface area contributed by atoms with Gasteiger partial charge in [-0.25, -0.2) is 0 Å². The monoisotopic (exact) mass is 228 g/mol. The smallest absolute Gasteiger partial charge is 0.228 e. The summed E-state index contributed by atoms with van der Waals surface area (Å²) in [6.07, 6.45) is 5.99. The molecule has 3 heterocycles. The first-order valence-electron chi connectivity index (χ1n) is 6.23. The number of pyridine rings is 1. The van der Waals surface area contributed by atoms with Gasteiger partial charge in [0.2, 0.25) is 5.91 Å². The van der Waals surface area contributed by atoms with Crippen LogP contribution in [0.2, 0.25) is 0 Å². The Labute approximate surface area is 101 Å². The molecule has 3 heteroatoms. The molecule has 0 aliphatic carbocycles. The molecule has 0 radical (unpaired) electrons. The van der Waals surface area contributed by atoms with Crippen LogP contribution in [-0.4, -0.2) is 16.9 Å². The average Bonchev–Trinajstić information content (AvgIpc) is 2.66. The molecule has 0 N–H and O–H groups in total. The number of hydrogen-bond acceptors (Lipinski definition) is 1. The molecule has 1 amide bonds. The number of hydrogen-bond donors (Lipinski definition) is 0. The van der Waals surface area contributed by atoms with Gasteiger partial charge in [0.05, 0.1) is 0 Å². The first-order valence-corrected chi connectivity index (χ1v) is 6.23. The van der Waals surface area contributed by atoms with Gasteiger partial charge in [-0.15, -0.1) is 0 Å². The predicted octanol–water partition coefficient (Wildman–Crippen LogP) is 2.85. The van der Waals surface area contributed by atoms with Crippen LogP contribution >= 0.6 is 0 Å². The molecule has 88 valence electrons. The Balaban J connectivity index is 2.04. The van der Waals surface area contributed by atoms with Crippen molar-refractivity contribution in [1.29, 1.82) is 0 Å². The number of rotatable bonds is 1. The maximum atomic E-state index is 12.1. The van der Waals surface area contributed by atoms with E-state index in [1.165, 1.54) is 0 Å². The zero-order chi connectivity index (χ0) is 11.7. The average molecular weight is 228 g/mol. The van der Waals surface area contributed by atoms with E-state index in [0.717, 1.165) is 37.1 Å². The van der Waals surface area contributed by atoms with Crippen LogP contribution in [0.15, 0.2) is 36.5 Å². The van der Waals surface area contributed by atoms with E-state index in [1.807, 2.05) is 29.3 Å². The lowest BCUT2D eigenvalue weighted by molar-refractivity contribution is -0.118. The number of nitrogens with zero attached hydrogens (tertiary/aromatic N) is 2. The number of carbonyl (C=O) groups is 1. The summed E-state index contributed by atoms with van der Waals surface area (Å²) in [7, 11) is 0. The molecule has 0 atom stereocenters. The van der Waals surface area contributed by atoms with Crippen molar-refractivity contribution >= 4 is 17.2 Å². The van der Waals surface area contributed by atoms with Crippen LogP contribution in [0.5, 0.6) is 0 Å². The third kappa shape index (κ3) is 1.82. The van der Waals surface area contributed by atoms with Gasteiger partial charge < -0.3 is 4.40 Å². The molecule has 3 nitrogen and oxygen atoms in total. The van der Waals surface area contributed by atoms with Gasteiger partial charge in [-0.1, -0.05) is 12.5 Å². The maximum Gasteiger partial charge on any atom is 0.228 e. The summed E-state index contributed by atoms with van der Waals surface area (Å²) in [6.45, 7) is 0.847. The topological polar surface area (TPSA) is 24.7 Å². The second-order valence-electron chi connectivity index (χ2n) is 4.54. The first kappa shape index (κ1) is 10.4. The number of carbonyl (C=O) groups excluding carboxylic acids is 1. The highest BCUT2D eigenvalue weighted by atomic mass is 16.2.